The first-order chi connectivity index (χ1) is 13.0. The molecule has 0 unspecified atom stereocenters. The van der Waals surface area contributed by atoms with E-state index in [4.69, 9.17) is 0 Å². The van der Waals surface area contributed by atoms with Gasteiger partial charge in [-0.15, -0.1) is 0 Å². The molecule has 1 amide bonds. The molecule has 2 N–H and O–H groups in total. The zero-order valence-corrected chi connectivity index (χ0v) is 15.9. The fraction of sp³-hybridized carbons (Fsp3) is 0.217. The van der Waals surface area contributed by atoms with E-state index in [9.17, 15) is 9.59 Å². The van der Waals surface area contributed by atoms with Crippen molar-refractivity contribution in [1.82, 2.24) is 10.3 Å². The Bertz CT molecular complexity index is 989. The van der Waals surface area contributed by atoms with Gasteiger partial charge in [0.25, 0.3) is 11.5 Å². The number of pyridine rings is 1. The van der Waals surface area contributed by atoms with Crippen LogP contribution in [0.2, 0.25) is 0 Å². The third kappa shape index (κ3) is 4.34. The average molecular weight is 360 g/mol. The Hall–Kier alpha value is -3.14. The van der Waals surface area contributed by atoms with Crippen LogP contribution in [0.15, 0.2) is 65.5 Å². The highest BCUT2D eigenvalue weighted by Crippen LogP contribution is 2.24. The molecular formula is C23H24N2O2. The normalized spacial score (nSPS) is 11.8. The molecule has 2 aromatic carbocycles. The van der Waals surface area contributed by atoms with Crippen LogP contribution in [0.3, 0.4) is 0 Å². The fourth-order valence-electron chi connectivity index (χ4n) is 3.23. The van der Waals surface area contributed by atoms with Crippen LogP contribution in [0.1, 0.15) is 51.1 Å². The van der Waals surface area contributed by atoms with Crippen molar-refractivity contribution in [2.45, 2.75) is 33.2 Å². The fourth-order valence-corrected chi connectivity index (χ4v) is 3.23. The van der Waals surface area contributed by atoms with E-state index >= 15 is 0 Å². The van der Waals surface area contributed by atoms with Gasteiger partial charge in [-0.3, -0.25) is 9.59 Å². The summed E-state index contributed by atoms with van der Waals surface area (Å²) in [5.41, 5.74) is 5.11. The molecule has 3 aromatic rings. The number of carbonyl (C=O) groups excluding carboxylic acids is 1. The zero-order valence-electron chi connectivity index (χ0n) is 15.9. The minimum atomic E-state index is -0.187. The number of benzene rings is 2. The standard InChI is InChI=1S/C23H24N2O2/c1-15-13-16(2)25-23(27)21(15)14-24-22(26)20-11-9-19(10-12-20)17(3)18-7-5-4-6-8-18/h4-13,17H,14H2,1-3H3,(H,24,26)(H,25,27)/t17-/m0/s1. The molecule has 4 nitrogen and oxygen atoms in total. The number of carbonyl (C=O) groups is 1. The van der Waals surface area contributed by atoms with Crippen molar-refractivity contribution in [3.8, 4) is 0 Å². The second-order valence-corrected chi connectivity index (χ2v) is 6.88. The van der Waals surface area contributed by atoms with E-state index < -0.39 is 0 Å². The molecule has 0 spiro atoms. The Morgan fingerprint density at radius 2 is 1.63 bits per heavy atom. The van der Waals surface area contributed by atoms with Gasteiger partial charge in [-0.25, -0.2) is 0 Å². The number of amides is 1. The number of aromatic amines is 1. The third-order valence-corrected chi connectivity index (χ3v) is 4.89. The molecule has 0 saturated heterocycles. The highest BCUT2D eigenvalue weighted by molar-refractivity contribution is 5.94. The summed E-state index contributed by atoms with van der Waals surface area (Å²) in [4.78, 5) is 27.3. The van der Waals surface area contributed by atoms with Crippen molar-refractivity contribution in [2.75, 3.05) is 0 Å². The van der Waals surface area contributed by atoms with Crippen LogP contribution in [0.4, 0.5) is 0 Å². The maximum absolute atomic E-state index is 12.4. The molecule has 138 valence electrons. The predicted octanol–water partition coefficient (Wildman–Crippen LogP) is 4.07. The lowest BCUT2D eigenvalue weighted by molar-refractivity contribution is 0.0950. The second kappa shape index (κ2) is 8.04. The van der Waals surface area contributed by atoms with Crippen molar-refractivity contribution in [3.63, 3.8) is 0 Å². The van der Waals surface area contributed by atoms with Crippen molar-refractivity contribution in [1.29, 1.82) is 0 Å². The molecule has 0 saturated carbocycles. The van der Waals surface area contributed by atoms with E-state index in [-0.39, 0.29) is 23.9 Å². The molecule has 27 heavy (non-hydrogen) atoms. The van der Waals surface area contributed by atoms with Crippen LogP contribution in [0.5, 0.6) is 0 Å². The van der Waals surface area contributed by atoms with Crippen molar-refractivity contribution in [2.24, 2.45) is 0 Å². The van der Waals surface area contributed by atoms with Gasteiger partial charge >= 0.3 is 0 Å². The summed E-state index contributed by atoms with van der Waals surface area (Å²) < 4.78 is 0. The quantitative estimate of drug-likeness (QED) is 0.720. The van der Waals surface area contributed by atoms with Crippen molar-refractivity contribution in [3.05, 3.63) is 105 Å². The molecule has 1 heterocycles. The summed E-state index contributed by atoms with van der Waals surface area (Å²) in [5, 5.41) is 2.84. The summed E-state index contributed by atoms with van der Waals surface area (Å²) in [6.07, 6.45) is 0. The van der Waals surface area contributed by atoms with Crippen LogP contribution >= 0.6 is 0 Å². The highest BCUT2D eigenvalue weighted by atomic mass is 16.1. The smallest absolute Gasteiger partial charge is 0.253 e. The van der Waals surface area contributed by atoms with Gasteiger partial charge in [0.2, 0.25) is 0 Å². The molecule has 0 aliphatic rings. The minimum absolute atomic E-state index is 0.153. The van der Waals surface area contributed by atoms with Crippen LogP contribution < -0.4 is 10.9 Å². The molecule has 0 aliphatic heterocycles. The van der Waals surface area contributed by atoms with Gasteiger partial charge in [-0.1, -0.05) is 49.4 Å². The average Bonchev–Trinajstić information content (AvgIpc) is 2.67. The van der Waals surface area contributed by atoms with E-state index in [1.54, 1.807) is 0 Å². The molecule has 1 atom stereocenters. The number of hydrogen-bond acceptors (Lipinski definition) is 2. The topological polar surface area (TPSA) is 62.0 Å². The third-order valence-electron chi connectivity index (χ3n) is 4.89. The van der Waals surface area contributed by atoms with E-state index in [0.717, 1.165) is 16.8 Å². The van der Waals surface area contributed by atoms with Crippen LogP contribution in [-0.2, 0) is 6.54 Å². The SMILES string of the molecule is Cc1cc(C)c(CNC(=O)c2ccc([C@@H](C)c3ccccc3)cc2)c(=O)[nH]1. The monoisotopic (exact) mass is 360 g/mol. The molecule has 0 fully saturated rings. The highest BCUT2D eigenvalue weighted by Gasteiger charge is 2.11. The number of H-pyrrole nitrogens is 1. The number of aromatic nitrogens is 1. The Kier molecular flexibility index (Phi) is 5.55. The Morgan fingerprint density at radius 1 is 1.00 bits per heavy atom. The van der Waals surface area contributed by atoms with Gasteiger partial charge in [0, 0.05) is 29.3 Å². The van der Waals surface area contributed by atoms with Crippen LogP contribution in [0, 0.1) is 13.8 Å². The first-order valence-corrected chi connectivity index (χ1v) is 9.08. The van der Waals surface area contributed by atoms with Gasteiger partial charge in [-0.05, 0) is 48.7 Å². The Balaban J connectivity index is 1.69. The summed E-state index contributed by atoms with van der Waals surface area (Å²) in [5.74, 6) is 0.0744. The molecule has 0 radical (unpaired) electrons. The zero-order chi connectivity index (χ0) is 19.4. The molecule has 1 aromatic heterocycles. The summed E-state index contributed by atoms with van der Waals surface area (Å²) in [6, 6.07) is 19.8. The number of hydrogen-bond donors (Lipinski definition) is 2. The summed E-state index contributed by atoms with van der Waals surface area (Å²) in [7, 11) is 0. The van der Waals surface area contributed by atoms with Gasteiger partial charge < -0.3 is 10.3 Å². The molecule has 0 aliphatic carbocycles. The number of nitrogens with one attached hydrogen (secondary N) is 2. The summed E-state index contributed by atoms with van der Waals surface area (Å²) >= 11 is 0. The minimum Gasteiger partial charge on any atom is -0.348 e. The largest absolute Gasteiger partial charge is 0.348 e. The molecule has 0 bridgehead atoms. The van der Waals surface area contributed by atoms with Gasteiger partial charge in [0.05, 0.1) is 0 Å². The molecule has 3 rings (SSSR count). The lowest BCUT2D eigenvalue weighted by atomic mass is 9.92. The van der Waals surface area contributed by atoms with E-state index in [2.05, 4.69) is 29.4 Å². The van der Waals surface area contributed by atoms with E-state index in [1.807, 2.05) is 62.4 Å². The van der Waals surface area contributed by atoms with E-state index in [0.29, 0.717) is 11.1 Å². The maximum atomic E-state index is 12.4. The lowest BCUT2D eigenvalue weighted by Gasteiger charge is -2.13. The first kappa shape index (κ1) is 18.6. The van der Waals surface area contributed by atoms with Gasteiger partial charge in [0.15, 0.2) is 0 Å². The van der Waals surface area contributed by atoms with E-state index in [1.165, 1.54) is 5.56 Å². The number of rotatable bonds is 5. The van der Waals surface area contributed by atoms with Crippen LogP contribution in [-0.4, -0.2) is 10.9 Å². The second-order valence-electron chi connectivity index (χ2n) is 6.88. The van der Waals surface area contributed by atoms with Crippen LogP contribution in [0.25, 0.3) is 0 Å². The van der Waals surface area contributed by atoms with Crippen molar-refractivity contribution < 1.29 is 4.79 Å². The summed E-state index contributed by atoms with van der Waals surface area (Å²) in [6.45, 7) is 6.08. The Morgan fingerprint density at radius 3 is 2.26 bits per heavy atom. The lowest BCUT2D eigenvalue weighted by Crippen LogP contribution is -2.27. The predicted molar refractivity (Wildman–Crippen MR) is 108 cm³/mol. The molecule has 4 heteroatoms. The maximum Gasteiger partial charge on any atom is 0.253 e. The van der Waals surface area contributed by atoms with Gasteiger partial charge in [-0.2, -0.15) is 0 Å². The first-order valence-electron chi connectivity index (χ1n) is 9.08. The number of aryl methyl sites for hydroxylation is 2. The molecular weight excluding hydrogens is 336 g/mol. The van der Waals surface area contributed by atoms with Crippen molar-refractivity contribution >= 4 is 5.91 Å². The van der Waals surface area contributed by atoms with Gasteiger partial charge in [0.1, 0.15) is 0 Å². The Labute approximate surface area is 159 Å².